The van der Waals surface area contributed by atoms with Crippen LogP contribution in [0.5, 0.6) is 11.5 Å². The summed E-state index contributed by atoms with van der Waals surface area (Å²) in [4.78, 5) is 5.42. The highest BCUT2D eigenvalue weighted by Crippen LogP contribution is 2.34. The molecule has 0 radical (unpaired) electrons. The van der Waals surface area contributed by atoms with E-state index in [0.29, 0.717) is 17.2 Å². The summed E-state index contributed by atoms with van der Waals surface area (Å²) in [7, 11) is -3.58. The van der Waals surface area contributed by atoms with E-state index in [1.165, 1.54) is 0 Å². The summed E-state index contributed by atoms with van der Waals surface area (Å²) in [5, 5.41) is 3.95. The van der Waals surface area contributed by atoms with Crippen molar-refractivity contribution in [3.05, 3.63) is 54.1 Å². The van der Waals surface area contributed by atoms with Crippen molar-refractivity contribution >= 4 is 15.5 Å². The van der Waals surface area contributed by atoms with Gasteiger partial charge in [0.25, 0.3) is 0 Å². The Balaban J connectivity index is 1.57. The van der Waals surface area contributed by atoms with Crippen molar-refractivity contribution < 1.29 is 22.7 Å². The van der Waals surface area contributed by atoms with E-state index in [1.807, 2.05) is 6.07 Å². The molecule has 0 saturated carbocycles. The van der Waals surface area contributed by atoms with E-state index in [2.05, 4.69) is 5.16 Å². The van der Waals surface area contributed by atoms with Gasteiger partial charge in [-0.1, -0.05) is 23.4 Å². The average Bonchev–Trinajstić information content (AvgIpc) is 3.24. The molecule has 0 amide bonds. The van der Waals surface area contributed by atoms with Gasteiger partial charge >= 0.3 is 0 Å². The Hall–Kier alpha value is -2.54. The molecule has 7 heteroatoms. The van der Waals surface area contributed by atoms with Crippen molar-refractivity contribution in [3.63, 3.8) is 0 Å². The Morgan fingerprint density at radius 2 is 1.78 bits per heavy atom. The normalized spacial score (nSPS) is 19.3. The van der Waals surface area contributed by atoms with Crippen LogP contribution in [-0.4, -0.2) is 26.4 Å². The smallest absolute Gasteiger partial charge is 0.237 e. The topological polar surface area (TPSA) is 74.2 Å². The molecule has 4 rings (SSSR count). The molecule has 0 bridgehead atoms. The Bertz CT molecular complexity index is 877. The summed E-state index contributed by atoms with van der Waals surface area (Å²) in [5.74, 6) is 1.29. The second-order valence-electron chi connectivity index (χ2n) is 5.20. The van der Waals surface area contributed by atoms with Crippen molar-refractivity contribution in [2.24, 2.45) is 5.16 Å². The molecule has 2 aromatic rings. The first-order valence-electron chi connectivity index (χ1n) is 7.06. The summed E-state index contributed by atoms with van der Waals surface area (Å²) < 4.78 is 35.7. The number of rotatable bonds is 3. The lowest BCUT2D eigenvalue weighted by Gasteiger charge is -2.09. The highest BCUT2D eigenvalue weighted by atomic mass is 32.2. The molecule has 0 fully saturated rings. The first-order valence-corrected chi connectivity index (χ1v) is 8.61. The summed E-state index contributed by atoms with van der Waals surface area (Å²) in [5.41, 5.74) is 0.332. The SMILES string of the molecule is O=S(=O)(c1ccccc1)C1CC(c2ccc3c(c2)OCO3)=NO1. The summed E-state index contributed by atoms with van der Waals surface area (Å²) in [6, 6.07) is 13.6. The largest absolute Gasteiger partial charge is 0.454 e. The van der Waals surface area contributed by atoms with Crippen LogP contribution in [0.15, 0.2) is 58.6 Å². The van der Waals surface area contributed by atoms with Crippen LogP contribution in [0.4, 0.5) is 0 Å². The molecule has 0 aliphatic carbocycles. The van der Waals surface area contributed by atoms with E-state index in [-0.39, 0.29) is 18.1 Å². The Labute approximate surface area is 133 Å². The van der Waals surface area contributed by atoms with Crippen molar-refractivity contribution in [2.75, 3.05) is 6.79 Å². The van der Waals surface area contributed by atoms with Crippen LogP contribution in [0, 0.1) is 0 Å². The number of nitrogens with zero attached hydrogens (tertiary/aromatic N) is 1. The molecule has 118 valence electrons. The van der Waals surface area contributed by atoms with E-state index < -0.39 is 15.3 Å². The fraction of sp³-hybridized carbons (Fsp3) is 0.188. The van der Waals surface area contributed by atoms with Crippen LogP contribution < -0.4 is 9.47 Å². The maximum atomic E-state index is 12.6. The summed E-state index contributed by atoms with van der Waals surface area (Å²) in [6.07, 6.45) is 0.191. The number of hydrogen-bond acceptors (Lipinski definition) is 6. The van der Waals surface area contributed by atoms with E-state index in [4.69, 9.17) is 14.3 Å². The fourth-order valence-electron chi connectivity index (χ4n) is 2.53. The van der Waals surface area contributed by atoms with Gasteiger partial charge in [-0.2, -0.15) is 0 Å². The second-order valence-corrected chi connectivity index (χ2v) is 7.29. The Morgan fingerprint density at radius 1 is 1.00 bits per heavy atom. The molecule has 0 aromatic heterocycles. The predicted molar refractivity (Wildman–Crippen MR) is 82.2 cm³/mol. The minimum Gasteiger partial charge on any atom is -0.454 e. The maximum Gasteiger partial charge on any atom is 0.237 e. The second kappa shape index (κ2) is 5.27. The number of hydrogen-bond donors (Lipinski definition) is 0. The standard InChI is InChI=1S/C16H13NO5S/c18-23(19,12-4-2-1-3-5-12)16-9-13(17-22-16)11-6-7-14-15(8-11)21-10-20-14/h1-8,16H,9-10H2. The van der Waals surface area contributed by atoms with Crippen LogP contribution in [0.25, 0.3) is 0 Å². The minimum atomic E-state index is -3.58. The fourth-order valence-corrected chi connectivity index (χ4v) is 3.90. The summed E-state index contributed by atoms with van der Waals surface area (Å²) in [6.45, 7) is 0.187. The minimum absolute atomic E-state index is 0.187. The molecule has 2 heterocycles. The first-order chi connectivity index (χ1) is 11.1. The van der Waals surface area contributed by atoms with Crippen LogP contribution in [0.2, 0.25) is 0 Å². The quantitative estimate of drug-likeness (QED) is 0.863. The molecule has 0 saturated heterocycles. The van der Waals surface area contributed by atoms with E-state index >= 15 is 0 Å². The number of benzene rings is 2. The third-order valence-electron chi connectivity index (χ3n) is 3.76. The van der Waals surface area contributed by atoms with Gasteiger partial charge in [-0.25, -0.2) is 8.42 Å². The van der Waals surface area contributed by atoms with E-state index in [9.17, 15) is 8.42 Å². The molecule has 2 aromatic carbocycles. The number of ether oxygens (including phenoxy) is 2. The third-order valence-corrected chi connectivity index (χ3v) is 5.64. The molecule has 23 heavy (non-hydrogen) atoms. The molecule has 2 aliphatic rings. The van der Waals surface area contributed by atoms with Gasteiger partial charge < -0.3 is 14.3 Å². The molecule has 2 aliphatic heterocycles. The van der Waals surface area contributed by atoms with Crippen molar-refractivity contribution in [1.82, 2.24) is 0 Å². The van der Waals surface area contributed by atoms with Gasteiger partial charge in [0.2, 0.25) is 22.1 Å². The van der Waals surface area contributed by atoms with Gasteiger partial charge in [0.1, 0.15) is 0 Å². The van der Waals surface area contributed by atoms with Gasteiger partial charge in [0.05, 0.1) is 10.6 Å². The van der Waals surface area contributed by atoms with E-state index in [1.54, 1.807) is 42.5 Å². The van der Waals surface area contributed by atoms with Crippen LogP contribution in [0.1, 0.15) is 12.0 Å². The van der Waals surface area contributed by atoms with Crippen LogP contribution >= 0.6 is 0 Å². The lowest BCUT2D eigenvalue weighted by atomic mass is 10.1. The zero-order valence-corrected chi connectivity index (χ0v) is 12.8. The van der Waals surface area contributed by atoms with Gasteiger partial charge in [-0.05, 0) is 30.3 Å². The van der Waals surface area contributed by atoms with Gasteiger partial charge in [-0.15, -0.1) is 0 Å². The van der Waals surface area contributed by atoms with Gasteiger partial charge in [-0.3, -0.25) is 0 Å². The van der Waals surface area contributed by atoms with Gasteiger partial charge in [0, 0.05) is 12.0 Å². The highest BCUT2D eigenvalue weighted by Gasteiger charge is 2.35. The molecule has 0 spiro atoms. The monoisotopic (exact) mass is 331 g/mol. The van der Waals surface area contributed by atoms with Crippen LogP contribution in [0.3, 0.4) is 0 Å². The molecular weight excluding hydrogens is 318 g/mol. The van der Waals surface area contributed by atoms with Crippen LogP contribution in [-0.2, 0) is 14.7 Å². The first kappa shape index (κ1) is 14.1. The molecule has 0 N–H and O–H groups in total. The number of fused-ring (bicyclic) bond motifs is 1. The molecular formula is C16H13NO5S. The number of sulfone groups is 1. The van der Waals surface area contributed by atoms with Crippen molar-refractivity contribution in [1.29, 1.82) is 0 Å². The molecule has 1 atom stereocenters. The summed E-state index contributed by atoms with van der Waals surface area (Å²) >= 11 is 0. The predicted octanol–water partition coefficient (Wildman–Crippen LogP) is 2.34. The lowest BCUT2D eigenvalue weighted by molar-refractivity contribution is 0.140. The molecule has 1 unspecified atom stereocenters. The van der Waals surface area contributed by atoms with Gasteiger partial charge in [0.15, 0.2) is 11.5 Å². The highest BCUT2D eigenvalue weighted by molar-refractivity contribution is 7.92. The van der Waals surface area contributed by atoms with E-state index in [0.717, 1.165) is 5.56 Å². The average molecular weight is 331 g/mol. The van der Waals surface area contributed by atoms with Crippen molar-refractivity contribution in [2.45, 2.75) is 16.8 Å². The number of oxime groups is 1. The zero-order chi connectivity index (χ0) is 15.9. The zero-order valence-electron chi connectivity index (χ0n) is 12.0. The third kappa shape index (κ3) is 2.43. The van der Waals surface area contributed by atoms with Crippen molar-refractivity contribution in [3.8, 4) is 11.5 Å². The lowest BCUT2D eigenvalue weighted by Crippen LogP contribution is -2.21. The Kier molecular flexibility index (Phi) is 3.23. The Morgan fingerprint density at radius 3 is 2.61 bits per heavy atom. The maximum absolute atomic E-state index is 12.6. The molecule has 6 nitrogen and oxygen atoms in total.